The Hall–Kier alpha value is -0.570. The van der Waals surface area contributed by atoms with Crippen LogP contribution >= 0.6 is 0 Å². The van der Waals surface area contributed by atoms with Crippen LogP contribution in [0.1, 0.15) is 25.7 Å². The summed E-state index contributed by atoms with van der Waals surface area (Å²) in [6, 6.07) is 0. The summed E-state index contributed by atoms with van der Waals surface area (Å²) in [7, 11) is 0. The van der Waals surface area contributed by atoms with Crippen molar-refractivity contribution in [2.45, 2.75) is 25.7 Å². The molecule has 2 fully saturated rings. The number of nitrogens with one attached hydrogen (secondary N) is 1. The molecule has 1 heterocycles. The van der Waals surface area contributed by atoms with E-state index in [4.69, 9.17) is 5.11 Å². The highest BCUT2D eigenvalue weighted by Crippen LogP contribution is 2.35. The molecule has 0 aromatic rings. The molecule has 3 heteroatoms. The van der Waals surface area contributed by atoms with E-state index < -0.39 is 5.97 Å². The van der Waals surface area contributed by atoms with Gasteiger partial charge in [-0.05, 0) is 37.8 Å². The summed E-state index contributed by atoms with van der Waals surface area (Å²) < 4.78 is 0. The zero-order chi connectivity index (χ0) is 9.26. The minimum atomic E-state index is -0.586. The molecular weight excluding hydrogens is 166 g/mol. The quantitative estimate of drug-likeness (QED) is 0.674. The summed E-state index contributed by atoms with van der Waals surface area (Å²) in [6.07, 6.45) is 4.17. The van der Waals surface area contributed by atoms with E-state index in [1.807, 2.05) is 0 Å². The number of hydrogen-bond acceptors (Lipinski definition) is 2. The van der Waals surface area contributed by atoms with Crippen LogP contribution < -0.4 is 5.32 Å². The molecule has 1 saturated heterocycles. The van der Waals surface area contributed by atoms with Gasteiger partial charge in [0.15, 0.2) is 0 Å². The van der Waals surface area contributed by atoms with E-state index in [0.717, 1.165) is 38.3 Å². The highest BCUT2D eigenvalue weighted by Gasteiger charge is 2.33. The van der Waals surface area contributed by atoms with Gasteiger partial charge < -0.3 is 10.4 Å². The third-order valence-electron chi connectivity index (χ3n) is 3.54. The van der Waals surface area contributed by atoms with Crippen molar-refractivity contribution in [3.05, 3.63) is 0 Å². The van der Waals surface area contributed by atoms with Crippen LogP contribution in [0.2, 0.25) is 0 Å². The topological polar surface area (TPSA) is 49.3 Å². The third kappa shape index (κ3) is 1.85. The zero-order valence-corrected chi connectivity index (χ0v) is 7.83. The van der Waals surface area contributed by atoms with Crippen molar-refractivity contribution in [3.63, 3.8) is 0 Å². The van der Waals surface area contributed by atoms with Gasteiger partial charge in [0.25, 0.3) is 0 Å². The summed E-state index contributed by atoms with van der Waals surface area (Å²) in [4.78, 5) is 10.8. The van der Waals surface area contributed by atoms with Crippen molar-refractivity contribution < 1.29 is 9.90 Å². The van der Waals surface area contributed by atoms with E-state index in [2.05, 4.69) is 5.32 Å². The maximum absolute atomic E-state index is 10.8. The first-order valence-corrected chi connectivity index (χ1v) is 5.21. The molecule has 2 rings (SSSR count). The van der Waals surface area contributed by atoms with Crippen molar-refractivity contribution in [1.82, 2.24) is 5.32 Å². The first-order valence-electron chi connectivity index (χ1n) is 5.21. The van der Waals surface area contributed by atoms with Crippen LogP contribution in [0.15, 0.2) is 0 Å². The second-order valence-corrected chi connectivity index (χ2v) is 4.38. The number of carboxylic acids is 1. The maximum Gasteiger partial charge on any atom is 0.306 e. The SMILES string of the molecule is O=C(O)[C@H]1CCC[C@H](C2CNC2)C1. The molecule has 2 N–H and O–H groups in total. The summed E-state index contributed by atoms with van der Waals surface area (Å²) in [5.74, 6) is 0.801. The second kappa shape index (κ2) is 3.66. The molecule has 0 amide bonds. The van der Waals surface area contributed by atoms with Crippen molar-refractivity contribution in [2.24, 2.45) is 17.8 Å². The zero-order valence-electron chi connectivity index (χ0n) is 7.83. The Balaban J connectivity index is 1.87. The summed E-state index contributed by atoms with van der Waals surface area (Å²) in [6.45, 7) is 2.22. The Labute approximate surface area is 78.5 Å². The average Bonchev–Trinajstić information content (AvgIpc) is 2.01. The molecule has 0 unspecified atom stereocenters. The Morgan fingerprint density at radius 1 is 1.23 bits per heavy atom. The van der Waals surface area contributed by atoms with Crippen LogP contribution in [-0.4, -0.2) is 24.2 Å². The highest BCUT2D eigenvalue weighted by molar-refractivity contribution is 5.70. The molecule has 2 atom stereocenters. The smallest absolute Gasteiger partial charge is 0.306 e. The predicted octanol–water partition coefficient (Wildman–Crippen LogP) is 1.10. The van der Waals surface area contributed by atoms with Crippen LogP contribution in [0, 0.1) is 17.8 Å². The normalized spacial score (nSPS) is 35.4. The van der Waals surface area contributed by atoms with Crippen LogP contribution in [0.25, 0.3) is 0 Å². The summed E-state index contributed by atoms with van der Waals surface area (Å²) >= 11 is 0. The first-order chi connectivity index (χ1) is 6.27. The van der Waals surface area contributed by atoms with Crippen molar-refractivity contribution in [2.75, 3.05) is 13.1 Å². The molecule has 1 aliphatic carbocycles. The Kier molecular flexibility index (Phi) is 2.54. The number of carbonyl (C=O) groups is 1. The minimum absolute atomic E-state index is 0.0562. The number of hydrogen-bond donors (Lipinski definition) is 2. The fourth-order valence-electron chi connectivity index (χ4n) is 2.52. The predicted molar refractivity (Wildman–Crippen MR) is 49.4 cm³/mol. The van der Waals surface area contributed by atoms with E-state index in [1.165, 1.54) is 6.42 Å². The lowest BCUT2D eigenvalue weighted by atomic mass is 9.73. The Morgan fingerprint density at radius 2 is 2.00 bits per heavy atom. The standard InChI is InChI=1S/C10H17NO2/c12-10(13)8-3-1-2-7(4-8)9-5-11-6-9/h7-9,11H,1-6H2,(H,12,13)/t7-,8-/m0/s1. The lowest BCUT2D eigenvalue weighted by Gasteiger charge is -2.38. The van der Waals surface area contributed by atoms with E-state index in [9.17, 15) is 4.79 Å². The van der Waals surface area contributed by atoms with Crippen LogP contribution in [-0.2, 0) is 4.79 Å². The summed E-state index contributed by atoms with van der Waals surface area (Å²) in [5, 5.41) is 12.2. The van der Waals surface area contributed by atoms with Gasteiger partial charge in [-0.2, -0.15) is 0 Å². The van der Waals surface area contributed by atoms with Gasteiger partial charge >= 0.3 is 5.97 Å². The second-order valence-electron chi connectivity index (χ2n) is 4.38. The number of rotatable bonds is 2. The largest absolute Gasteiger partial charge is 0.481 e. The van der Waals surface area contributed by atoms with Gasteiger partial charge in [0.1, 0.15) is 0 Å². The molecule has 0 spiro atoms. The molecule has 2 aliphatic rings. The molecule has 0 bridgehead atoms. The maximum atomic E-state index is 10.8. The van der Waals surface area contributed by atoms with Crippen molar-refractivity contribution >= 4 is 5.97 Å². The lowest BCUT2D eigenvalue weighted by molar-refractivity contribution is -0.143. The fraction of sp³-hybridized carbons (Fsp3) is 0.900. The van der Waals surface area contributed by atoms with Gasteiger partial charge in [0.05, 0.1) is 5.92 Å². The molecule has 3 nitrogen and oxygen atoms in total. The Bertz CT molecular complexity index is 201. The van der Waals surface area contributed by atoms with Crippen molar-refractivity contribution in [1.29, 1.82) is 0 Å². The van der Waals surface area contributed by atoms with E-state index in [1.54, 1.807) is 0 Å². The van der Waals surface area contributed by atoms with E-state index in [-0.39, 0.29) is 5.92 Å². The van der Waals surface area contributed by atoms with Gasteiger partial charge in [0, 0.05) is 0 Å². The average molecular weight is 183 g/mol. The molecular formula is C10H17NO2. The molecule has 0 aromatic heterocycles. The molecule has 0 aromatic carbocycles. The van der Waals surface area contributed by atoms with Crippen LogP contribution in [0.3, 0.4) is 0 Å². The van der Waals surface area contributed by atoms with E-state index in [0.29, 0.717) is 5.92 Å². The number of aliphatic carboxylic acids is 1. The van der Waals surface area contributed by atoms with E-state index >= 15 is 0 Å². The lowest BCUT2D eigenvalue weighted by Crippen LogP contribution is -2.47. The van der Waals surface area contributed by atoms with Crippen molar-refractivity contribution in [3.8, 4) is 0 Å². The van der Waals surface area contributed by atoms with Gasteiger partial charge in [-0.3, -0.25) is 4.79 Å². The van der Waals surface area contributed by atoms with Gasteiger partial charge in [-0.1, -0.05) is 12.8 Å². The third-order valence-corrected chi connectivity index (χ3v) is 3.54. The Morgan fingerprint density at radius 3 is 2.54 bits per heavy atom. The molecule has 0 radical (unpaired) electrons. The number of carboxylic acid groups (broad SMARTS) is 1. The molecule has 13 heavy (non-hydrogen) atoms. The molecule has 74 valence electrons. The monoisotopic (exact) mass is 183 g/mol. The fourth-order valence-corrected chi connectivity index (χ4v) is 2.52. The minimum Gasteiger partial charge on any atom is -0.481 e. The van der Waals surface area contributed by atoms with Gasteiger partial charge in [0.2, 0.25) is 0 Å². The molecule has 1 saturated carbocycles. The molecule has 1 aliphatic heterocycles. The first kappa shape index (κ1) is 9.00. The van der Waals surface area contributed by atoms with Crippen LogP contribution in [0.5, 0.6) is 0 Å². The highest BCUT2D eigenvalue weighted by atomic mass is 16.4. The van der Waals surface area contributed by atoms with Gasteiger partial charge in [-0.15, -0.1) is 0 Å². The van der Waals surface area contributed by atoms with Gasteiger partial charge in [-0.25, -0.2) is 0 Å². The summed E-state index contributed by atoms with van der Waals surface area (Å²) in [5.41, 5.74) is 0. The van der Waals surface area contributed by atoms with Crippen LogP contribution in [0.4, 0.5) is 0 Å².